The summed E-state index contributed by atoms with van der Waals surface area (Å²) in [5, 5.41) is 7.00. The zero-order valence-corrected chi connectivity index (χ0v) is 16.3. The second kappa shape index (κ2) is 8.39. The van der Waals surface area contributed by atoms with Gasteiger partial charge < -0.3 is 14.8 Å². The fourth-order valence-corrected chi connectivity index (χ4v) is 3.76. The molecule has 0 atom stereocenters. The van der Waals surface area contributed by atoms with Crippen LogP contribution in [0.4, 0.5) is 5.69 Å². The molecule has 0 radical (unpaired) electrons. The lowest BCUT2D eigenvalue weighted by Gasteiger charge is -2.22. The molecule has 7 heteroatoms. The summed E-state index contributed by atoms with van der Waals surface area (Å²) in [5.74, 6) is -0.0705. The molecule has 144 valence electrons. The van der Waals surface area contributed by atoms with Crippen LogP contribution in [0.5, 0.6) is 0 Å². The number of aryl methyl sites for hydroxylation is 1. The smallest absolute Gasteiger partial charge is 0.254 e. The lowest BCUT2D eigenvalue weighted by atomic mass is 10.1. The topological polar surface area (TPSA) is 67.2 Å². The summed E-state index contributed by atoms with van der Waals surface area (Å²) in [4.78, 5) is 31.2. The van der Waals surface area contributed by atoms with Crippen LogP contribution in [-0.4, -0.2) is 32.3 Å². The molecule has 1 fully saturated rings. The van der Waals surface area contributed by atoms with Crippen LogP contribution >= 0.6 is 11.3 Å². The minimum absolute atomic E-state index is 0.0169. The zero-order valence-electron chi connectivity index (χ0n) is 15.5. The van der Waals surface area contributed by atoms with Gasteiger partial charge in [-0.05, 0) is 53.4 Å². The summed E-state index contributed by atoms with van der Waals surface area (Å²) in [6.45, 7) is 1.20. The van der Waals surface area contributed by atoms with Gasteiger partial charge >= 0.3 is 0 Å². The van der Waals surface area contributed by atoms with E-state index in [1.807, 2.05) is 39.2 Å². The number of aromatic nitrogens is 2. The third-order valence-corrected chi connectivity index (χ3v) is 5.46. The molecular formula is C21H22N4O2S. The zero-order chi connectivity index (χ0) is 19.3. The normalized spacial score (nSPS) is 13.3. The van der Waals surface area contributed by atoms with Crippen molar-refractivity contribution in [1.29, 1.82) is 0 Å². The fourth-order valence-electron chi connectivity index (χ4n) is 3.10. The Morgan fingerprint density at radius 1 is 1.29 bits per heavy atom. The van der Waals surface area contributed by atoms with Crippen LogP contribution in [0.25, 0.3) is 0 Å². The molecule has 2 aromatic heterocycles. The van der Waals surface area contributed by atoms with Gasteiger partial charge in [-0.1, -0.05) is 6.07 Å². The molecule has 0 spiro atoms. The highest BCUT2D eigenvalue weighted by atomic mass is 32.1. The molecule has 6 nitrogen and oxygen atoms in total. The van der Waals surface area contributed by atoms with E-state index >= 15 is 0 Å². The van der Waals surface area contributed by atoms with Crippen molar-refractivity contribution in [3.8, 4) is 0 Å². The van der Waals surface area contributed by atoms with E-state index in [9.17, 15) is 9.59 Å². The molecular weight excluding hydrogens is 372 g/mol. The highest BCUT2D eigenvalue weighted by Crippen LogP contribution is 2.30. The van der Waals surface area contributed by atoms with Crippen molar-refractivity contribution in [2.45, 2.75) is 38.4 Å². The standard InChI is InChI=1S/C21H22N4O2S/c26-20(6-9-24-10-8-22-15-24)23-18-3-1-2-17(12-18)21(27)25(19-4-5-19)13-16-7-11-28-14-16/h1-3,7-8,10-12,14-15,19H,4-6,9,13H2,(H,23,26). The highest BCUT2D eigenvalue weighted by Gasteiger charge is 2.33. The van der Waals surface area contributed by atoms with Crippen LogP contribution in [0.3, 0.4) is 0 Å². The van der Waals surface area contributed by atoms with E-state index in [4.69, 9.17) is 0 Å². The third kappa shape index (κ3) is 4.67. The van der Waals surface area contributed by atoms with E-state index in [0.29, 0.717) is 36.8 Å². The van der Waals surface area contributed by atoms with Gasteiger partial charge in [0, 0.05) is 49.2 Å². The van der Waals surface area contributed by atoms with Crippen LogP contribution in [0, 0.1) is 0 Å². The van der Waals surface area contributed by atoms with Gasteiger partial charge in [0.05, 0.1) is 6.33 Å². The molecule has 1 aromatic carbocycles. The molecule has 1 N–H and O–H groups in total. The van der Waals surface area contributed by atoms with E-state index in [0.717, 1.165) is 18.4 Å². The molecule has 1 aliphatic carbocycles. The van der Waals surface area contributed by atoms with Crippen LogP contribution in [0.2, 0.25) is 0 Å². The molecule has 3 aromatic rings. The molecule has 28 heavy (non-hydrogen) atoms. The van der Waals surface area contributed by atoms with Gasteiger partial charge in [0.25, 0.3) is 5.91 Å². The predicted octanol–water partition coefficient (Wildman–Crippen LogP) is 3.78. The summed E-state index contributed by atoms with van der Waals surface area (Å²) < 4.78 is 1.86. The molecule has 1 aliphatic rings. The number of imidazole rings is 1. The SMILES string of the molecule is O=C(CCn1ccnc1)Nc1cccc(C(=O)N(Cc2ccsc2)C2CC2)c1. The number of benzene rings is 1. The average molecular weight is 395 g/mol. The Morgan fingerprint density at radius 2 is 2.18 bits per heavy atom. The van der Waals surface area contributed by atoms with E-state index < -0.39 is 0 Å². The number of carbonyl (C=O) groups is 2. The Hall–Kier alpha value is -2.93. The van der Waals surface area contributed by atoms with Crippen molar-refractivity contribution in [2.75, 3.05) is 5.32 Å². The second-order valence-corrected chi connectivity index (χ2v) is 7.76. The molecule has 2 amide bonds. The third-order valence-electron chi connectivity index (χ3n) is 4.73. The lowest BCUT2D eigenvalue weighted by molar-refractivity contribution is -0.116. The number of hydrogen-bond acceptors (Lipinski definition) is 4. The molecule has 0 saturated heterocycles. The Balaban J connectivity index is 1.40. The van der Waals surface area contributed by atoms with Crippen molar-refractivity contribution in [2.24, 2.45) is 0 Å². The van der Waals surface area contributed by atoms with Gasteiger partial charge in [0.2, 0.25) is 5.91 Å². The average Bonchev–Trinajstić information content (AvgIpc) is 3.18. The number of thiophene rings is 1. The Kier molecular flexibility index (Phi) is 5.53. The Labute approximate surface area is 167 Å². The van der Waals surface area contributed by atoms with Crippen molar-refractivity contribution in [3.63, 3.8) is 0 Å². The quantitative estimate of drug-likeness (QED) is 0.632. The van der Waals surface area contributed by atoms with Crippen LogP contribution in [0.15, 0.2) is 59.8 Å². The molecule has 4 rings (SSSR count). The van der Waals surface area contributed by atoms with Gasteiger partial charge in [-0.15, -0.1) is 0 Å². The number of anilines is 1. The van der Waals surface area contributed by atoms with E-state index in [-0.39, 0.29) is 11.8 Å². The molecule has 2 heterocycles. The van der Waals surface area contributed by atoms with E-state index in [1.165, 1.54) is 0 Å². The van der Waals surface area contributed by atoms with Crippen LogP contribution < -0.4 is 5.32 Å². The largest absolute Gasteiger partial charge is 0.337 e. The van der Waals surface area contributed by atoms with E-state index in [2.05, 4.69) is 21.7 Å². The van der Waals surface area contributed by atoms with Gasteiger partial charge in [-0.25, -0.2) is 4.98 Å². The first kappa shape index (κ1) is 18.4. The molecule has 0 bridgehead atoms. The monoisotopic (exact) mass is 394 g/mol. The first-order valence-electron chi connectivity index (χ1n) is 9.37. The van der Waals surface area contributed by atoms with Crippen molar-refractivity contribution in [3.05, 3.63) is 70.9 Å². The maximum atomic E-state index is 13.1. The van der Waals surface area contributed by atoms with Gasteiger partial charge in [0.15, 0.2) is 0 Å². The second-order valence-electron chi connectivity index (χ2n) is 6.98. The van der Waals surface area contributed by atoms with Crippen LogP contribution in [-0.2, 0) is 17.9 Å². The number of amides is 2. The Morgan fingerprint density at radius 3 is 2.89 bits per heavy atom. The number of nitrogens with one attached hydrogen (secondary N) is 1. The lowest BCUT2D eigenvalue weighted by Crippen LogP contribution is -2.32. The van der Waals surface area contributed by atoms with Gasteiger partial charge in [0.1, 0.15) is 0 Å². The first-order chi connectivity index (χ1) is 13.7. The number of carbonyl (C=O) groups excluding carboxylic acids is 2. The van der Waals surface area contributed by atoms with E-state index in [1.54, 1.807) is 29.9 Å². The Bertz CT molecular complexity index is 933. The molecule has 0 unspecified atom stereocenters. The number of nitrogens with zero attached hydrogens (tertiary/aromatic N) is 3. The minimum atomic E-state index is -0.0874. The fraction of sp³-hybridized carbons (Fsp3) is 0.286. The molecule has 0 aliphatic heterocycles. The summed E-state index contributed by atoms with van der Waals surface area (Å²) in [6, 6.07) is 9.58. The highest BCUT2D eigenvalue weighted by molar-refractivity contribution is 7.07. The molecule has 1 saturated carbocycles. The summed E-state index contributed by atoms with van der Waals surface area (Å²) in [5.41, 5.74) is 2.41. The van der Waals surface area contributed by atoms with Crippen molar-refractivity contribution in [1.82, 2.24) is 14.5 Å². The van der Waals surface area contributed by atoms with Gasteiger partial charge in [-0.2, -0.15) is 11.3 Å². The van der Waals surface area contributed by atoms with Crippen LogP contribution in [0.1, 0.15) is 35.2 Å². The maximum absolute atomic E-state index is 13.1. The summed E-state index contributed by atoms with van der Waals surface area (Å²) >= 11 is 1.64. The van der Waals surface area contributed by atoms with Crippen molar-refractivity contribution >= 4 is 28.8 Å². The van der Waals surface area contributed by atoms with Gasteiger partial charge in [-0.3, -0.25) is 9.59 Å². The summed E-state index contributed by atoms with van der Waals surface area (Å²) in [6.07, 6.45) is 7.66. The summed E-state index contributed by atoms with van der Waals surface area (Å²) in [7, 11) is 0. The first-order valence-corrected chi connectivity index (χ1v) is 10.3. The van der Waals surface area contributed by atoms with Crippen molar-refractivity contribution < 1.29 is 9.59 Å². The number of hydrogen-bond donors (Lipinski definition) is 1. The predicted molar refractivity (Wildman–Crippen MR) is 109 cm³/mol. The number of rotatable bonds is 8. The maximum Gasteiger partial charge on any atom is 0.254 e. The minimum Gasteiger partial charge on any atom is -0.337 e.